The molecule has 2 aromatic heterocycles. The Hall–Kier alpha value is -3.91. The van der Waals surface area contributed by atoms with Crippen LogP contribution in [0, 0.1) is 5.92 Å². The number of nitrogens with zero attached hydrogens (tertiary/aromatic N) is 3. The highest BCUT2D eigenvalue weighted by molar-refractivity contribution is 6.31. The number of benzene rings is 2. The van der Waals surface area contributed by atoms with Crippen molar-refractivity contribution < 1.29 is 14.3 Å². The predicted octanol–water partition coefficient (Wildman–Crippen LogP) is 5.16. The van der Waals surface area contributed by atoms with Gasteiger partial charge in [-0.2, -0.15) is 5.10 Å². The summed E-state index contributed by atoms with van der Waals surface area (Å²) in [5.41, 5.74) is 3.82. The molecule has 194 valence electrons. The van der Waals surface area contributed by atoms with Gasteiger partial charge in [0.05, 0.1) is 28.0 Å². The summed E-state index contributed by atoms with van der Waals surface area (Å²) in [6.45, 7) is 1.44. The molecule has 0 bridgehead atoms. The van der Waals surface area contributed by atoms with E-state index < -0.39 is 0 Å². The quantitative estimate of drug-likeness (QED) is 0.307. The topological polar surface area (TPSA) is 100 Å². The maximum Gasteiger partial charge on any atom is 0.251 e. The number of halogens is 1. The van der Waals surface area contributed by atoms with E-state index in [9.17, 15) is 9.59 Å². The maximum absolute atomic E-state index is 13.3. The Balaban J connectivity index is 1.19. The minimum absolute atomic E-state index is 0.102. The van der Waals surface area contributed by atoms with E-state index in [0.29, 0.717) is 22.2 Å². The molecule has 9 heteroatoms. The molecule has 1 saturated carbocycles. The largest absolute Gasteiger partial charge is 0.490 e. The van der Waals surface area contributed by atoms with Crippen LogP contribution in [-0.4, -0.2) is 51.6 Å². The van der Waals surface area contributed by atoms with Crippen LogP contribution in [-0.2, 0) is 4.79 Å². The number of carbonyl (C=O) groups excluding carboxylic acids is 2. The summed E-state index contributed by atoms with van der Waals surface area (Å²) in [4.78, 5) is 30.5. The van der Waals surface area contributed by atoms with E-state index in [2.05, 4.69) is 20.5 Å². The highest BCUT2D eigenvalue weighted by Crippen LogP contribution is 2.42. The minimum Gasteiger partial charge on any atom is -0.490 e. The lowest BCUT2D eigenvalue weighted by molar-refractivity contribution is -0.119. The second-order valence-corrected chi connectivity index (χ2v) is 10.4. The molecule has 0 unspecified atom stereocenters. The van der Waals surface area contributed by atoms with Crippen molar-refractivity contribution in [3.8, 4) is 17.0 Å². The Kier molecular flexibility index (Phi) is 6.72. The number of aromatic nitrogens is 3. The molecule has 8 nitrogen and oxygen atoms in total. The molecule has 4 aromatic rings. The molecule has 1 aliphatic heterocycles. The van der Waals surface area contributed by atoms with Crippen LogP contribution in [0.5, 0.6) is 5.75 Å². The molecule has 3 heterocycles. The Morgan fingerprint density at radius 3 is 2.61 bits per heavy atom. The Bertz CT molecular complexity index is 1460. The number of H-pyrrole nitrogens is 1. The number of likely N-dealkylation sites (tertiary alicyclic amines) is 1. The summed E-state index contributed by atoms with van der Waals surface area (Å²) in [7, 11) is 0. The summed E-state index contributed by atoms with van der Waals surface area (Å²) in [6, 6.07) is 16.8. The van der Waals surface area contributed by atoms with E-state index in [1.54, 1.807) is 23.2 Å². The standard InChI is InChI=1S/C29H28ClN5O3/c30-24-2-1-13-31-28(24)27(19-3-4-19)32-29(37)20-7-10-25-23(16-20)26(34-33-25)18-5-8-21(9-6-18)38-22-11-14-35(17-36)15-12-22/h1-2,5-10,13,16-17,19,22,27H,3-4,11-12,14-15H2,(H,32,37)(H,33,34)/t27-/m1/s1. The molecule has 6 rings (SSSR count). The molecule has 38 heavy (non-hydrogen) atoms. The van der Waals surface area contributed by atoms with Gasteiger partial charge in [-0.3, -0.25) is 19.7 Å². The lowest BCUT2D eigenvalue weighted by atomic mass is 10.0. The monoisotopic (exact) mass is 529 g/mol. The lowest BCUT2D eigenvalue weighted by Crippen LogP contribution is -2.37. The Morgan fingerprint density at radius 1 is 1.11 bits per heavy atom. The summed E-state index contributed by atoms with van der Waals surface area (Å²) < 4.78 is 6.13. The zero-order valence-electron chi connectivity index (χ0n) is 20.8. The highest BCUT2D eigenvalue weighted by atomic mass is 35.5. The zero-order chi connectivity index (χ0) is 26.1. The third-order valence-electron chi connectivity index (χ3n) is 7.34. The van der Waals surface area contributed by atoms with Gasteiger partial charge in [0.2, 0.25) is 6.41 Å². The number of hydrogen-bond donors (Lipinski definition) is 2. The minimum atomic E-state index is -0.214. The van der Waals surface area contributed by atoms with Crippen LogP contribution in [0.4, 0.5) is 0 Å². The molecule has 0 radical (unpaired) electrons. The number of pyridine rings is 1. The fraction of sp³-hybridized carbons (Fsp3) is 0.310. The molecule has 1 atom stereocenters. The van der Waals surface area contributed by atoms with Gasteiger partial charge in [0.25, 0.3) is 5.91 Å². The first-order valence-electron chi connectivity index (χ1n) is 12.9. The lowest BCUT2D eigenvalue weighted by Gasteiger charge is -2.29. The molecular weight excluding hydrogens is 502 g/mol. The first-order chi connectivity index (χ1) is 18.6. The van der Waals surface area contributed by atoms with Gasteiger partial charge in [-0.1, -0.05) is 11.6 Å². The summed E-state index contributed by atoms with van der Waals surface area (Å²) in [6.07, 6.45) is 6.44. The molecule has 0 spiro atoms. The fourth-order valence-corrected chi connectivity index (χ4v) is 5.29. The summed E-state index contributed by atoms with van der Waals surface area (Å²) >= 11 is 6.40. The molecule has 2 N–H and O–H groups in total. The summed E-state index contributed by atoms with van der Waals surface area (Å²) in [5, 5.41) is 12.2. The van der Waals surface area contributed by atoms with Gasteiger partial charge in [-0.15, -0.1) is 0 Å². The van der Waals surface area contributed by atoms with Crippen molar-refractivity contribution in [1.29, 1.82) is 0 Å². The molecule has 2 amide bonds. The van der Waals surface area contributed by atoms with Gasteiger partial charge in [0, 0.05) is 48.6 Å². The second kappa shape index (κ2) is 10.5. The van der Waals surface area contributed by atoms with E-state index in [1.807, 2.05) is 42.5 Å². The van der Waals surface area contributed by atoms with E-state index in [0.717, 1.165) is 73.1 Å². The molecular formula is C29H28ClN5O3. The zero-order valence-corrected chi connectivity index (χ0v) is 21.5. The Labute approximate surface area is 225 Å². The van der Waals surface area contributed by atoms with Crippen molar-refractivity contribution in [2.45, 2.75) is 37.8 Å². The Morgan fingerprint density at radius 2 is 1.89 bits per heavy atom. The van der Waals surface area contributed by atoms with Crippen molar-refractivity contribution in [3.05, 3.63) is 77.1 Å². The molecule has 2 aromatic carbocycles. The van der Waals surface area contributed by atoms with Gasteiger partial charge in [0.15, 0.2) is 0 Å². The van der Waals surface area contributed by atoms with E-state index in [4.69, 9.17) is 16.3 Å². The third kappa shape index (κ3) is 5.09. The van der Waals surface area contributed by atoms with Gasteiger partial charge in [0.1, 0.15) is 11.9 Å². The van der Waals surface area contributed by atoms with Crippen LogP contribution in [0.15, 0.2) is 60.8 Å². The average Bonchev–Trinajstić information content (AvgIpc) is 3.71. The summed E-state index contributed by atoms with van der Waals surface area (Å²) in [5.74, 6) is 0.970. The highest BCUT2D eigenvalue weighted by Gasteiger charge is 2.35. The number of hydrogen-bond acceptors (Lipinski definition) is 5. The number of aromatic amines is 1. The van der Waals surface area contributed by atoms with Crippen LogP contribution in [0.3, 0.4) is 0 Å². The van der Waals surface area contributed by atoms with Crippen molar-refractivity contribution >= 4 is 34.8 Å². The van der Waals surface area contributed by atoms with Gasteiger partial charge in [-0.05, 0) is 73.4 Å². The van der Waals surface area contributed by atoms with Crippen LogP contribution in [0.2, 0.25) is 5.02 Å². The number of ether oxygens (including phenoxy) is 1. The van der Waals surface area contributed by atoms with E-state index in [1.165, 1.54) is 0 Å². The maximum atomic E-state index is 13.3. The molecule has 2 fully saturated rings. The van der Waals surface area contributed by atoms with E-state index >= 15 is 0 Å². The third-order valence-corrected chi connectivity index (χ3v) is 7.66. The van der Waals surface area contributed by atoms with Gasteiger partial charge < -0.3 is 15.0 Å². The van der Waals surface area contributed by atoms with Crippen LogP contribution in [0.1, 0.15) is 47.8 Å². The smallest absolute Gasteiger partial charge is 0.251 e. The normalized spacial score (nSPS) is 16.8. The van der Waals surface area contributed by atoms with Gasteiger partial charge >= 0.3 is 0 Å². The number of amides is 2. The van der Waals surface area contributed by atoms with Crippen LogP contribution >= 0.6 is 11.6 Å². The molecule has 1 aliphatic carbocycles. The van der Waals surface area contributed by atoms with Crippen molar-refractivity contribution in [2.75, 3.05) is 13.1 Å². The number of piperidine rings is 1. The molecule has 2 aliphatic rings. The number of nitrogens with one attached hydrogen (secondary N) is 2. The number of fused-ring (bicyclic) bond motifs is 1. The van der Waals surface area contributed by atoms with Crippen LogP contribution in [0.25, 0.3) is 22.2 Å². The SMILES string of the molecule is O=CN1CCC(Oc2ccc(-c3n[nH]c4ccc(C(=O)N[C@@H](c5ncccc5Cl)C5CC5)cc34)cc2)CC1. The van der Waals surface area contributed by atoms with Crippen molar-refractivity contribution in [3.63, 3.8) is 0 Å². The predicted molar refractivity (Wildman–Crippen MR) is 145 cm³/mol. The van der Waals surface area contributed by atoms with Crippen molar-refractivity contribution in [2.24, 2.45) is 5.92 Å². The first kappa shape index (κ1) is 24.4. The second-order valence-electron chi connectivity index (χ2n) is 9.97. The fourth-order valence-electron chi connectivity index (χ4n) is 5.05. The first-order valence-corrected chi connectivity index (χ1v) is 13.3. The van der Waals surface area contributed by atoms with Gasteiger partial charge in [-0.25, -0.2) is 0 Å². The van der Waals surface area contributed by atoms with Crippen LogP contribution < -0.4 is 10.1 Å². The number of carbonyl (C=O) groups is 2. The van der Waals surface area contributed by atoms with E-state index in [-0.39, 0.29) is 18.1 Å². The van der Waals surface area contributed by atoms with Crippen molar-refractivity contribution in [1.82, 2.24) is 25.4 Å². The number of rotatable bonds is 8. The average molecular weight is 530 g/mol. The molecule has 1 saturated heterocycles.